The van der Waals surface area contributed by atoms with Crippen LogP contribution in [0.3, 0.4) is 0 Å². The molecule has 0 heterocycles. The van der Waals surface area contributed by atoms with Crippen LogP contribution in [-0.2, 0) is 4.74 Å². The van der Waals surface area contributed by atoms with Gasteiger partial charge in [0.1, 0.15) is 0 Å². The molecule has 0 aliphatic rings. The number of rotatable bonds is 6. The molecule has 0 radical (unpaired) electrons. The van der Waals surface area contributed by atoms with Crippen molar-refractivity contribution in [3.05, 3.63) is 29.6 Å². The number of hydrogen-bond acceptors (Lipinski definition) is 2. The van der Waals surface area contributed by atoms with Crippen LogP contribution in [0.1, 0.15) is 32.6 Å². The predicted molar refractivity (Wildman–Crippen MR) is 70.2 cm³/mol. The summed E-state index contributed by atoms with van der Waals surface area (Å²) in [4.78, 5) is 12.6. The van der Waals surface area contributed by atoms with E-state index >= 15 is 0 Å². The molecular formula is C14H18F3NO2. The highest BCUT2D eigenvalue weighted by Crippen LogP contribution is 2.20. The Hall–Kier alpha value is -1.72. The maximum atomic E-state index is 13.1. The van der Waals surface area contributed by atoms with Crippen LogP contribution in [0.15, 0.2) is 12.1 Å². The van der Waals surface area contributed by atoms with Crippen molar-refractivity contribution in [2.45, 2.75) is 32.6 Å². The molecule has 0 aliphatic carbocycles. The van der Waals surface area contributed by atoms with E-state index in [4.69, 9.17) is 4.74 Å². The van der Waals surface area contributed by atoms with Crippen LogP contribution in [0.2, 0.25) is 0 Å². The quantitative estimate of drug-likeness (QED) is 0.578. The third kappa shape index (κ3) is 4.43. The van der Waals surface area contributed by atoms with Crippen LogP contribution in [0, 0.1) is 17.5 Å². The number of amides is 1. The molecule has 0 spiro atoms. The van der Waals surface area contributed by atoms with Gasteiger partial charge in [0, 0.05) is 19.2 Å². The number of carbonyl (C=O) groups is 1. The summed E-state index contributed by atoms with van der Waals surface area (Å²) in [7, 11) is 1.31. The molecule has 0 unspecified atom stereocenters. The molecule has 0 saturated carbocycles. The number of benzene rings is 1. The molecular weight excluding hydrogens is 271 g/mol. The third-order valence-corrected chi connectivity index (χ3v) is 2.85. The van der Waals surface area contributed by atoms with Gasteiger partial charge < -0.3 is 4.74 Å². The molecule has 1 aromatic carbocycles. The van der Waals surface area contributed by atoms with Crippen molar-refractivity contribution in [2.24, 2.45) is 0 Å². The average molecular weight is 289 g/mol. The van der Waals surface area contributed by atoms with E-state index in [9.17, 15) is 18.0 Å². The number of ether oxygens (including phenoxy) is 1. The maximum absolute atomic E-state index is 13.1. The summed E-state index contributed by atoms with van der Waals surface area (Å²) in [5.74, 6) is -4.25. The molecule has 112 valence electrons. The lowest BCUT2D eigenvalue weighted by Gasteiger charge is -2.17. The van der Waals surface area contributed by atoms with Gasteiger partial charge in [-0.3, -0.25) is 4.90 Å². The predicted octanol–water partition coefficient (Wildman–Crippen LogP) is 4.26. The van der Waals surface area contributed by atoms with Gasteiger partial charge in [0.2, 0.25) is 0 Å². The van der Waals surface area contributed by atoms with Gasteiger partial charge in [-0.15, -0.1) is 0 Å². The van der Waals surface area contributed by atoms with Gasteiger partial charge >= 0.3 is 6.09 Å². The summed E-state index contributed by atoms with van der Waals surface area (Å²) in [6, 6.07) is 1.49. The minimum Gasteiger partial charge on any atom is -0.449 e. The molecule has 0 atom stereocenters. The lowest BCUT2D eigenvalue weighted by Crippen LogP contribution is -2.27. The smallest absolute Gasteiger partial charge is 0.414 e. The van der Waals surface area contributed by atoms with Crippen LogP contribution in [0.4, 0.5) is 23.7 Å². The zero-order chi connectivity index (χ0) is 15.1. The zero-order valence-electron chi connectivity index (χ0n) is 11.6. The van der Waals surface area contributed by atoms with E-state index in [-0.39, 0.29) is 12.3 Å². The Morgan fingerprint density at radius 2 is 1.75 bits per heavy atom. The van der Waals surface area contributed by atoms with Gasteiger partial charge in [-0.2, -0.15) is 0 Å². The molecule has 0 N–H and O–H groups in total. The van der Waals surface area contributed by atoms with Gasteiger partial charge in [0.15, 0.2) is 17.5 Å². The highest BCUT2D eigenvalue weighted by Gasteiger charge is 2.17. The molecule has 6 heteroatoms. The Bertz CT molecular complexity index is 443. The van der Waals surface area contributed by atoms with Crippen LogP contribution >= 0.6 is 0 Å². The third-order valence-electron chi connectivity index (χ3n) is 2.85. The fourth-order valence-electron chi connectivity index (χ4n) is 1.63. The number of carbonyl (C=O) groups excluding carboxylic acids is 1. The second-order valence-corrected chi connectivity index (χ2v) is 4.46. The van der Waals surface area contributed by atoms with E-state index < -0.39 is 23.5 Å². The fraction of sp³-hybridized carbons (Fsp3) is 0.500. The molecule has 0 aliphatic heterocycles. The Balaban J connectivity index is 2.56. The molecule has 0 bridgehead atoms. The zero-order valence-corrected chi connectivity index (χ0v) is 11.6. The molecule has 1 amide bonds. The molecule has 0 fully saturated rings. The van der Waals surface area contributed by atoms with Crippen molar-refractivity contribution in [3.8, 4) is 0 Å². The van der Waals surface area contributed by atoms with E-state index in [0.29, 0.717) is 0 Å². The number of halogens is 3. The number of unbranched alkanes of at least 4 members (excludes halogenated alkanes) is 3. The first-order valence-electron chi connectivity index (χ1n) is 6.52. The van der Waals surface area contributed by atoms with Crippen LogP contribution in [0.5, 0.6) is 0 Å². The topological polar surface area (TPSA) is 29.5 Å². The molecule has 1 aromatic rings. The highest BCUT2D eigenvalue weighted by molar-refractivity contribution is 5.86. The second-order valence-electron chi connectivity index (χ2n) is 4.46. The van der Waals surface area contributed by atoms with Crippen molar-refractivity contribution >= 4 is 11.8 Å². The molecule has 0 saturated heterocycles. The number of hydrogen-bond donors (Lipinski definition) is 0. The van der Waals surface area contributed by atoms with Crippen molar-refractivity contribution in [1.82, 2.24) is 0 Å². The largest absolute Gasteiger partial charge is 0.449 e. The summed E-state index contributed by atoms with van der Waals surface area (Å²) < 4.78 is 43.9. The summed E-state index contributed by atoms with van der Waals surface area (Å²) in [5, 5.41) is 0. The summed E-state index contributed by atoms with van der Waals surface area (Å²) >= 11 is 0. The summed E-state index contributed by atoms with van der Waals surface area (Å²) in [6.45, 7) is 2.31. The van der Waals surface area contributed by atoms with E-state index in [1.165, 1.54) is 7.05 Å². The minimum atomic E-state index is -1.56. The Morgan fingerprint density at radius 1 is 1.15 bits per heavy atom. The first-order chi connectivity index (χ1) is 9.47. The molecule has 0 aromatic heterocycles. The maximum Gasteiger partial charge on any atom is 0.414 e. The van der Waals surface area contributed by atoms with Crippen molar-refractivity contribution in [3.63, 3.8) is 0 Å². The second kappa shape index (κ2) is 7.77. The summed E-state index contributed by atoms with van der Waals surface area (Å²) in [6.07, 6.45) is 3.09. The Morgan fingerprint density at radius 3 is 2.30 bits per heavy atom. The van der Waals surface area contributed by atoms with Gasteiger partial charge in [-0.25, -0.2) is 18.0 Å². The standard InChI is InChI=1S/C14H18F3NO2/c1-3-4-5-6-7-20-14(19)18(2)10-8-11(15)13(17)12(16)9-10/h8-9H,3-7H2,1-2H3. The minimum absolute atomic E-state index is 0.0973. The van der Waals surface area contributed by atoms with Gasteiger partial charge in [-0.1, -0.05) is 26.2 Å². The van der Waals surface area contributed by atoms with Crippen molar-refractivity contribution < 1.29 is 22.7 Å². The highest BCUT2D eigenvalue weighted by atomic mass is 19.2. The van der Waals surface area contributed by atoms with Gasteiger partial charge in [0.05, 0.1) is 12.3 Å². The first-order valence-corrected chi connectivity index (χ1v) is 6.52. The Labute approximate surface area is 116 Å². The van der Waals surface area contributed by atoms with Crippen molar-refractivity contribution in [2.75, 3.05) is 18.6 Å². The van der Waals surface area contributed by atoms with Crippen molar-refractivity contribution in [1.29, 1.82) is 0 Å². The summed E-state index contributed by atoms with van der Waals surface area (Å²) in [5.41, 5.74) is -0.0973. The average Bonchev–Trinajstić information content (AvgIpc) is 2.43. The van der Waals surface area contributed by atoms with E-state index in [1.54, 1.807) is 0 Å². The first kappa shape index (κ1) is 16.3. The van der Waals surface area contributed by atoms with Gasteiger partial charge in [0.25, 0.3) is 0 Å². The Kier molecular flexibility index (Phi) is 6.35. The van der Waals surface area contributed by atoms with E-state index in [0.717, 1.165) is 42.7 Å². The fourth-order valence-corrected chi connectivity index (χ4v) is 1.63. The molecule has 1 rings (SSSR count). The van der Waals surface area contributed by atoms with Crippen LogP contribution in [0.25, 0.3) is 0 Å². The normalized spacial score (nSPS) is 10.4. The van der Waals surface area contributed by atoms with Gasteiger partial charge in [-0.05, 0) is 6.42 Å². The number of anilines is 1. The van der Waals surface area contributed by atoms with Crippen LogP contribution < -0.4 is 4.90 Å². The SMILES string of the molecule is CCCCCCOC(=O)N(C)c1cc(F)c(F)c(F)c1. The monoisotopic (exact) mass is 289 g/mol. The lowest BCUT2D eigenvalue weighted by molar-refractivity contribution is 0.152. The van der Waals surface area contributed by atoms with Crippen LogP contribution in [-0.4, -0.2) is 19.7 Å². The number of nitrogens with zero attached hydrogens (tertiary/aromatic N) is 1. The molecule has 3 nitrogen and oxygen atoms in total. The van der Waals surface area contributed by atoms with E-state index in [2.05, 4.69) is 6.92 Å². The van der Waals surface area contributed by atoms with E-state index in [1.807, 2.05) is 0 Å². The molecule has 20 heavy (non-hydrogen) atoms. The lowest BCUT2D eigenvalue weighted by atomic mass is 10.2.